The molecule has 2 heterocycles. The van der Waals surface area contributed by atoms with Crippen LogP contribution >= 0.6 is 0 Å². The normalized spacial score (nSPS) is 18.7. The average Bonchev–Trinajstić information content (AvgIpc) is 2.39. The minimum atomic E-state index is -3.48. The fourth-order valence-electron chi connectivity index (χ4n) is 1.79. The fourth-order valence-corrected chi connectivity index (χ4v) is 3.16. The molecule has 1 aliphatic heterocycles. The SMILES string of the molecule is CN1CCN(S(=O)(=O)c2ccc(C=O)nc2)CC1. The molecule has 0 N–H and O–H groups in total. The van der Waals surface area contributed by atoms with Gasteiger partial charge in [0.1, 0.15) is 10.6 Å². The number of rotatable bonds is 3. The Morgan fingerprint density at radius 2 is 1.89 bits per heavy atom. The molecular formula is C11H15N3O3S. The third-order valence-corrected chi connectivity index (χ3v) is 4.86. The largest absolute Gasteiger partial charge is 0.304 e. The molecule has 0 aromatic carbocycles. The lowest BCUT2D eigenvalue weighted by atomic mass is 10.4. The van der Waals surface area contributed by atoms with Crippen molar-refractivity contribution in [2.24, 2.45) is 0 Å². The summed E-state index contributed by atoms with van der Waals surface area (Å²) in [6.45, 7) is 2.40. The summed E-state index contributed by atoms with van der Waals surface area (Å²) >= 11 is 0. The molecule has 18 heavy (non-hydrogen) atoms. The number of hydrogen-bond donors (Lipinski definition) is 0. The standard InChI is InChI=1S/C11H15N3O3S/c1-13-4-6-14(7-5-13)18(16,17)11-3-2-10(9-15)12-8-11/h2-3,8-9H,4-7H2,1H3. The van der Waals surface area contributed by atoms with Gasteiger partial charge in [0.15, 0.2) is 6.29 Å². The summed E-state index contributed by atoms with van der Waals surface area (Å²) in [6.07, 6.45) is 1.82. The molecule has 0 radical (unpaired) electrons. The van der Waals surface area contributed by atoms with Crippen molar-refractivity contribution < 1.29 is 13.2 Å². The number of pyridine rings is 1. The minimum Gasteiger partial charge on any atom is -0.304 e. The number of carbonyl (C=O) groups excluding carboxylic acids is 1. The van der Waals surface area contributed by atoms with Gasteiger partial charge in [-0.25, -0.2) is 8.42 Å². The van der Waals surface area contributed by atoms with Crippen LogP contribution in [0.3, 0.4) is 0 Å². The summed E-state index contributed by atoms with van der Waals surface area (Å²) in [7, 11) is -1.52. The molecule has 0 spiro atoms. The molecule has 1 saturated heterocycles. The van der Waals surface area contributed by atoms with Crippen LogP contribution in [0.2, 0.25) is 0 Å². The summed E-state index contributed by atoms with van der Waals surface area (Å²) in [6, 6.07) is 2.83. The maximum Gasteiger partial charge on any atom is 0.244 e. The molecule has 7 heteroatoms. The molecule has 6 nitrogen and oxygen atoms in total. The van der Waals surface area contributed by atoms with E-state index >= 15 is 0 Å². The van der Waals surface area contributed by atoms with Crippen molar-refractivity contribution in [1.82, 2.24) is 14.2 Å². The Kier molecular flexibility index (Phi) is 3.74. The van der Waals surface area contributed by atoms with E-state index < -0.39 is 10.0 Å². The van der Waals surface area contributed by atoms with Crippen LogP contribution in [0.25, 0.3) is 0 Å². The molecule has 0 atom stereocenters. The zero-order valence-corrected chi connectivity index (χ0v) is 10.9. The van der Waals surface area contributed by atoms with Gasteiger partial charge >= 0.3 is 0 Å². The van der Waals surface area contributed by atoms with Crippen LogP contribution in [0.5, 0.6) is 0 Å². The van der Waals surface area contributed by atoms with E-state index in [9.17, 15) is 13.2 Å². The van der Waals surface area contributed by atoms with Crippen molar-refractivity contribution in [3.05, 3.63) is 24.0 Å². The quantitative estimate of drug-likeness (QED) is 0.713. The van der Waals surface area contributed by atoms with Crippen molar-refractivity contribution in [1.29, 1.82) is 0 Å². The molecule has 1 fully saturated rings. The second kappa shape index (κ2) is 5.13. The van der Waals surface area contributed by atoms with E-state index in [4.69, 9.17) is 0 Å². The van der Waals surface area contributed by atoms with Gasteiger partial charge in [0.2, 0.25) is 10.0 Å². The third kappa shape index (κ3) is 2.58. The first-order valence-corrected chi connectivity index (χ1v) is 7.08. The predicted octanol–water partition coefficient (Wildman–Crippen LogP) is -0.170. The van der Waals surface area contributed by atoms with Crippen molar-refractivity contribution in [2.75, 3.05) is 33.2 Å². The van der Waals surface area contributed by atoms with E-state index in [1.54, 1.807) is 0 Å². The number of carbonyl (C=O) groups is 1. The fraction of sp³-hybridized carbons (Fsp3) is 0.455. The number of piperazine rings is 1. The minimum absolute atomic E-state index is 0.137. The Bertz CT molecular complexity index is 519. The van der Waals surface area contributed by atoms with Crippen molar-refractivity contribution >= 4 is 16.3 Å². The molecule has 1 aromatic rings. The maximum absolute atomic E-state index is 12.3. The molecule has 0 unspecified atom stereocenters. The molecule has 2 rings (SSSR count). The Morgan fingerprint density at radius 3 is 2.39 bits per heavy atom. The number of sulfonamides is 1. The van der Waals surface area contributed by atoms with Crippen molar-refractivity contribution in [2.45, 2.75) is 4.90 Å². The monoisotopic (exact) mass is 269 g/mol. The summed E-state index contributed by atoms with van der Waals surface area (Å²) < 4.78 is 26.0. The summed E-state index contributed by atoms with van der Waals surface area (Å²) in [4.78, 5) is 16.5. The van der Waals surface area contributed by atoms with Gasteiger partial charge in [-0.2, -0.15) is 4.31 Å². The zero-order chi connectivity index (χ0) is 13.2. The number of hydrogen-bond acceptors (Lipinski definition) is 5. The van der Waals surface area contributed by atoms with Crippen LogP contribution in [-0.4, -0.2) is 62.1 Å². The molecule has 98 valence electrons. The Morgan fingerprint density at radius 1 is 1.22 bits per heavy atom. The number of aromatic nitrogens is 1. The number of nitrogens with zero attached hydrogens (tertiary/aromatic N) is 3. The van der Waals surface area contributed by atoms with Crippen LogP contribution in [0.4, 0.5) is 0 Å². The lowest BCUT2D eigenvalue weighted by Gasteiger charge is -2.31. The predicted molar refractivity (Wildman–Crippen MR) is 65.9 cm³/mol. The molecule has 0 bridgehead atoms. The van der Waals surface area contributed by atoms with Gasteiger partial charge in [-0.15, -0.1) is 0 Å². The van der Waals surface area contributed by atoms with Gasteiger partial charge in [0, 0.05) is 32.4 Å². The molecule has 0 aliphatic carbocycles. The third-order valence-electron chi connectivity index (χ3n) is 2.98. The highest BCUT2D eigenvalue weighted by Gasteiger charge is 2.27. The summed E-state index contributed by atoms with van der Waals surface area (Å²) in [5.74, 6) is 0. The Balaban J connectivity index is 2.21. The number of likely N-dealkylation sites (N-methyl/N-ethyl adjacent to an activating group) is 1. The highest BCUT2D eigenvalue weighted by Crippen LogP contribution is 2.16. The Labute approximate surface area is 106 Å². The lowest BCUT2D eigenvalue weighted by Crippen LogP contribution is -2.47. The first-order chi connectivity index (χ1) is 8.54. The summed E-state index contributed by atoms with van der Waals surface area (Å²) in [5, 5.41) is 0. The van der Waals surface area contributed by atoms with E-state index in [0.29, 0.717) is 19.4 Å². The zero-order valence-electron chi connectivity index (χ0n) is 10.1. The highest BCUT2D eigenvalue weighted by molar-refractivity contribution is 7.89. The second-order valence-electron chi connectivity index (χ2n) is 4.24. The number of aldehydes is 1. The highest BCUT2D eigenvalue weighted by atomic mass is 32.2. The van der Waals surface area contributed by atoms with Gasteiger partial charge < -0.3 is 4.90 Å². The van der Waals surface area contributed by atoms with Crippen LogP contribution in [0.1, 0.15) is 10.5 Å². The van der Waals surface area contributed by atoms with Crippen LogP contribution in [0, 0.1) is 0 Å². The van der Waals surface area contributed by atoms with Crippen LogP contribution in [0.15, 0.2) is 23.2 Å². The van der Waals surface area contributed by atoms with Gasteiger partial charge in [0.05, 0.1) is 0 Å². The van der Waals surface area contributed by atoms with Gasteiger partial charge in [-0.3, -0.25) is 9.78 Å². The first-order valence-electron chi connectivity index (χ1n) is 5.64. The Hall–Kier alpha value is -1.31. The van der Waals surface area contributed by atoms with E-state index in [2.05, 4.69) is 9.88 Å². The molecule has 1 aliphatic rings. The van der Waals surface area contributed by atoms with E-state index in [1.807, 2.05) is 7.05 Å². The lowest BCUT2D eigenvalue weighted by molar-refractivity contribution is 0.111. The topological polar surface area (TPSA) is 70.6 Å². The molecule has 0 saturated carbocycles. The smallest absolute Gasteiger partial charge is 0.244 e. The van der Waals surface area contributed by atoms with Gasteiger partial charge in [-0.1, -0.05) is 0 Å². The first kappa shape index (κ1) is 13.1. The second-order valence-corrected chi connectivity index (χ2v) is 6.18. The van der Waals surface area contributed by atoms with Crippen molar-refractivity contribution in [3.63, 3.8) is 0 Å². The van der Waals surface area contributed by atoms with Crippen molar-refractivity contribution in [3.8, 4) is 0 Å². The average molecular weight is 269 g/mol. The summed E-state index contributed by atoms with van der Waals surface area (Å²) in [5.41, 5.74) is 0.229. The van der Waals surface area contributed by atoms with E-state index in [-0.39, 0.29) is 10.6 Å². The van der Waals surface area contributed by atoms with E-state index in [0.717, 1.165) is 13.1 Å². The molecular weight excluding hydrogens is 254 g/mol. The molecule has 0 amide bonds. The maximum atomic E-state index is 12.3. The van der Waals surface area contributed by atoms with Gasteiger partial charge in [0.25, 0.3) is 0 Å². The molecule has 1 aromatic heterocycles. The van der Waals surface area contributed by atoms with Crippen LogP contribution < -0.4 is 0 Å². The van der Waals surface area contributed by atoms with Crippen LogP contribution in [-0.2, 0) is 10.0 Å². The van der Waals surface area contributed by atoms with E-state index in [1.165, 1.54) is 22.6 Å². The van der Waals surface area contributed by atoms with Gasteiger partial charge in [-0.05, 0) is 19.2 Å².